The van der Waals surface area contributed by atoms with E-state index in [2.05, 4.69) is 20.4 Å². The first-order valence-electron chi connectivity index (χ1n) is 11.6. The monoisotopic (exact) mass is 458 g/mol. The second-order valence-corrected chi connectivity index (χ2v) is 8.19. The van der Waals surface area contributed by atoms with Crippen molar-refractivity contribution in [1.29, 1.82) is 0 Å². The molecular formula is C27H30N4O3. The predicted octanol–water partition coefficient (Wildman–Crippen LogP) is 5.19. The smallest absolute Gasteiger partial charge is 0.248 e. The number of methoxy groups -OCH3 is 2. The van der Waals surface area contributed by atoms with Crippen LogP contribution in [0.25, 0.3) is 17.3 Å². The highest BCUT2D eigenvalue weighted by Crippen LogP contribution is 2.28. The van der Waals surface area contributed by atoms with Gasteiger partial charge in [-0.25, -0.2) is 0 Å². The van der Waals surface area contributed by atoms with Crippen molar-refractivity contribution in [1.82, 2.24) is 10.2 Å². The molecule has 176 valence electrons. The van der Waals surface area contributed by atoms with Crippen LogP contribution < -0.4 is 19.7 Å². The number of amides is 1. The minimum Gasteiger partial charge on any atom is -0.493 e. The first kappa shape index (κ1) is 23.3. The number of hydrogen-bond donors (Lipinski definition) is 1. The van der Waals surface area contributed by atoms with Gasteiger partial charge in [0.1, 0.15) is 0 Å². The van der Waals surface area contributed by atoms with Crippen LogP contribution in [0.5, 0.6) is 11.5 Å². The number of nitrogens with zero attached hydrogens (tertiary/aromatic N) is 3. The van der Waals surface area contributed by atoms with Gasteiger partial charge in [0.15, 0.2) is 17.3 Å². The summed E-state index contributed by atoms with van der Waals surface area (Å²) in [6.45, 7) is 2.09. The molecule has 3 aromatic rings. The molecule has 1 fully saturated rings. The average molecular weight is 459 g/mol. The Bertz CT molecular complexity index is 1120. The van der Waals surface area contributed by atoms with Gasteiger partial charge in [-0.15, -0.1) is 10.2 Å². The van der Waals surface area contributed by atoms with Gasteiger partial charge < -0.3 is 19.7 Å². The maximum atomic E-state index is 12.3. The number of benzene rings is 2. The number of nitrogens with one attached hydrogen (secondary N) is 1. The summed E-state index contributed by atoms with van der Waals surface area (Å²) in [4.78, 5) is 14.7. The van der Waals surface area contributed by atoms with E-state index in [0.717, 1.165) is 35.7 Å². The summed E-state index contributed by atoms with van der Waals surface area (Å²) in [6, 6.07) is 17.1. The van der Waals surface area contributed by atoms with Crippen LogP contribution in [0.1, 0.15) is 31.2 Å². The number of ether oxygens (including phenoxy) is 2. The fourth-order valence-electron chi connectivity index (χ4n) is 3.98. The van der Waals surface area contributed by atoms with Gasteiger partial charge in [0.25, 0.3) is 0 Å². The van der Waals surface area contributed by atoms with Crippen molar-refractivity contribution in [2.45, 2.75) is 25.7 Å². The van der Waals surface area contributed by atoms with Crippen molar-refractivity contribution in [3.63, 3.8) is 0 Å². The van der Waals surface area contributed by atoms with Gasteiger partial charge in [0.2, 0.25) is 5.91 Å². The van der Waals surface area contributed by atoms with E-state index in [1.165, 1.54) is 31.8 Å². The molecule has 0 atom stereocenters. The number of aromatic nitrogens is 2. The van der Waals surface area contributed by atoms with Crippen LogP contribution in [0.4, 0.5) is 11.5 Å². The third-order valence-electron chi connectivity index (χ3n) is 5.86. The zero-order valence-corrected chi connectivity index (χ0v) is 19.7. The molecule has 0 bridgehead atoms. The summed E-state index contributed by atoms with van der Waals surface area (Å²) >= 11 is 0. The van der Waals surface area contributed by atoms with Gasteiger partial charge in [0.05, 0.1) is 19.9 Å². The Morgan fingerprint density at radius 2 is 1.62 bits per heavy atom. The largest absolute Gasteiger partial charge is 0.493 e. The highest BCUT2D eigenvalue weighted by Gasteiger charge is 2.12. The fourth-order valence-corrected chi connectivity index (χ4v) is 3.98. The molecule has 1 aliphatic rings. The van der Waals surface area contributed by atoms with E-state index in [1.54, 1.807) is 26.4 Å². The van der Waals surface area contributed by atoms with Crippen LogP contribution >= 0.6 is 0 Å². The molecule has 7 nitrogen and oxygen atoms in total. The van der Waals surface area contributed by atoms with E-state index in [9.17, 15) is 4.79 Å². The highest BCUT2D eigenvalue weighted by atomic mass is 16.5. The molecule has 0 unspecified atom stereocenters. The Morgan fingerprint density at radius 3 is 2.26 bits per heavy atom. The van der Waals surface area contributed by atoms with Crippen molar-refractivity contribution in [2.24, 2.45) is 0 Å². The van der Waals surface area contributed by atoms with Crippen LogP contribution in [-0.2, 0) is 4.79 Å². The molecule has 0 aliphatic carbocycles. The van der Waals surface area contributed by atoms with Crippen LogP contribution in [0.3, 0.4) is 0 Å². The van der Waals surface area contributed by atoms with Crippen molar-refractivity contribution in [3.8, 4) is 22.8 Å². The lowest BCUT2D eigenvalue weighted by Crippen LogP contribution is -2.25. The lowest BCUT2D eigenvalue weighted by atomic mass is 10.1. The van der Waals surface area contributed by atoms with Crippen LogP contribution in [0.2, 0.25) is 0 Å². The normalized spacial score (nSPS) is 14.0. The molecule has 4 rings (SSSR count). The van der Waals surface area contributed by atoms with E-state index < -0.39 is 0 Å². The topological polar surface area (TPSA) is 76.6 Å². The van der Waals surface area contributed by atoms with Gasteiger partial charge in [0, 0.05) is 30.4 Å². The van der Waals surface area contributed by atoms with Gasteiger partial charge in [-0.3, -0.25) is 4.79 Å². The summed E-state index contributed by atoms with van der Waals surface area (Å²) < 4.78 is 10.5. The molecule has 7 heteroatoms. The molecule has 34 heavy (non-hydrogen) atoms. The number of hydrogen-bond acceptors (Lipinski definition) is 6. The molecule has 0 radical (unpaired) electrons. The summed E-state index contributed by atoms with van der Waals surface area (Å²) in [5.74, 6) is 1.98. The zero-order valence-electron chi connectivity index (χ0n) is 19.7. The number of rotatable bonds is 7. The first-order chi connectivity index (χ1) is 16.7. The minimum absolute atomic E-state index is 0.218. The minimum atomic E-state index is -0.218. The standard InChI is InChI=1S/C27H30N4O3/c1-33-24-14-7-20(19-25(24)34-2)8-16-27(32)28-22-11-9-21(10-12-22)23-13-15-26(30-29-23)31-17-5-3-4-6-18-31/h7-16,19H,3-6,17-18H2,1-2H3,(H,28,32)/b16-8+. The summed E-state index contributed by atoms with van der Waals surface area (Å²) in [7, 11) is 3.17. The lowest BCUT2D eigenvalue weighted by molar-refractivity contribution is -0.111. The third-order valence-corrected chi connectivity index (χ3v) is 5.86. The molecule has 1 N–H and O–H groups in total. The molecule has 1 aliphatic heterocycles. The second-order valence-electron chi connectivity index (χ2n) is 8.19. The Kier molecular flexibility index (Phi) is 7.75. The van der Waals surface area contributed by atoms with Crippen molar-refractivity contribution in [3.05, 3.63) is 66.2 Å². The van der Waals surface area contributed by atoms with Crippen LogP contribution in [0, 0.1) is 0 Å². The molecule has 1 amide bonds. The van der Waals surface area contributed by atoms with Crippen molar-refractivity contribution >= 4 is 23.5 Å². The fraction of sp³-hybridized carbons (Fsp3) is 0.296. The number of carbonyl (C=O) groups is 1. The number of carbonyl (C=O) groups excluding carboxylic acids is 1. The van der Waals surface area contributed by atoms with Gasteiger partial charge in [-0.2, -0.15) is 0 Å². The van der Waals surface area contributed by atoms with E-state index in [-0.39, 0.29) is 5.91 Å². The Labute approximate surface area is 200 Å². The SMILES string of the molecule is COc1ccc(/C=C/C(=O)Nc2ccc(-c3ccc(N4CCCCCC4)nn3)cc2)cc1OC. The Morgan fingerprint density at radius 1 is 0.882 bits per heavy atom. The first-order valence-corrected chi connectivity index (χ1v) is 11.6. The van der Waals surface area contributed by atoms with Gasteiger partial charge in [-0.05, 0) is 60.9 Å². The second kappa shape index (κ2) is 11.3. The summed E-state index contributed by atoms with van der Waals surface area (Å²) in [6.07, 6.45) is 8.21. The Balaban J connectivity index is 1.36. The summed E-state index contributed by atoms with van der Waals surface area (Å²) in [5.41, 5.74) is 3.31. The summed E-state index contributed by atoms with van der Waals surface area (Å²) in [5, 5.41) is 11.7. The van der Waals surface area contributed by atoms with E-state index in [4.69, 9.17) is 9.47 Å². The van der Waals surface area contributed by atoms with E-state index >= 15 is 0 Å². The van der Waals surface area contributed by atoms with Crippen LogP contribution in [-0.4, -0.2) is 43.4 Å². The Hall–Kier alpha value is -3.87. The van der Waals surface area contributed by atoms with Crippen molar-refractivity contribution < 1.29 is 14.3 Å². The number of anilines is 2. The molecular weight excluding hydrogens is 428 g/mol. The molecule has 2 heterocycles. The van der Waals surface area contributed by atoms with Crippen molar-refractivity contribution in [2.75, 3.05) is 37.5 Å². The third kappa shape index (κ3) is 5.92. The molecule has 1 saturated heterocycles. The molecule has 1 aromatic heterocycles. The molecule has 2 aromatic carbocycles. The average Bonchev–Trinajstić information content (AvgIpc) is 3.17. The van der Waals surface area contributed by atoms with E-state index in [1.807, 2.05) is 48.5 Å². The predicted molar refractivity (Wildman–Crippen MR) is 135 cm³/mol. The maximum Gasteiger partial charge on any atom is 0.248 e. The quantitative estimate of drug-likeness (QED) is 0.491. The highest BCUT2D eigenvalue weighted by molar-refractivity contribution is 6.02. The molecule has 0 spiro atoms. The lowest BCUT2D eigenvalue weighted by Gasteiger charge is -2.20. The van der Waals surface area contributed by atoms with Gasteiger partial charge in [-0.1, -0.05) is 31.0 Å². The van der Waals surface area contributed by atoms with E-state index in [0.29, 0.717) is 17.2 Å². The molecule has 0 saturated carbocycles. The maximum absolute atomic E-state index is 12.3. The van der Waals surface area contributed by atoms with Gasteiger partial charge >= 0.3 is 0 Å². The van der Waals surface area contributed by atoms with Crippen LogP contribution in [0.15, 0.2) is 60.7 Å². The zero-order chi connectivity index (χ0) is 23.8.